The standard InChI is InChI=1S/C27H33FN2O3/c1-5-6-18-30(24(32)17-16-23(31)21-12-14-22(28)15-13-21)25(27(2,3)4)26(33)29-19-20-10-8-7-9-11-20/h7-17,25H,5-6,18-19H2,1-4H3,(H,29,33). The van der Waals surface area contributed by atoms with Crippen molar-refractivity contribution in [1.82, 2.24) is 10.2 Å². The van der Waals surface area contributed by atoms with Crippen LogP contribution >= 0.6 is 0 Å². The minimum Gasteiger partial charge on any atom is -0.350 e. The van der Waals surface area contributed by atoms with Crippen molar-refractivity contribution in [2.45, 2.75) is 53.1 Å². The van der Waals surface area contributed by atoms with E-state index >= 15 is 0 Å². The van der Waals surface area contributed by atoms with E-state index in [0.717, 1.165) is 18.4 Å². The van der Waals surface area contributed by atoms with Gasteiger partial charge in [-0.3, -0.25) is 14.4 Å². The number of hydrogen-bond acceptors (Lipinski definition) is 3. The predicted octanol–water partition coefficient (Wildman–Crippen LogP) is 4.92. The number of unbranched alkanes of at least 4 members (excludes halogenated alkanes) is 1. The van der Waals surface area contributed by atoms with Gasteiger partial charge in [0.15, 0.2) is 5.78 Å². The third-order valence-electron chi connectivity index (χ3n) is 5.23. The Balaban J connectivity index is 2.22. The lowest BCUT2D eigenvalue weighted by Gasteiger charge is -2.38. The zero-order valence-corrected chi connectivity index (χ0v) is 19.8. The minimum atomic E-state index is -0.717. The lowest BCUT2D eigenvalue weighted by Crippen LogP contribution is -2.55. The number of rotatable bonds is 10. The van der Waals surface area contributed by atoms with E-state index < -0.39 is 29.0 Å². The van der Waals surface area contributed by atoms with Crippen molar-refractivity contribution in [3.05, 3.63) is 83.7 Å². The van der Waals surface area contributed by atoms with Gasteiger partial charge in [0.1, 0.15) is 11.9 Å². The first-order chi connectivity index (χ1) is 15.6. The van der Waals surface area contributed by atoms with Gasteiger partial charge >= 0.3 is 0 Å². The van der Waals surface area contributed by atoms with Gasteiger partial charge in [-0.2, -0.15) is 0 Å². The molecule has 33 heavy (non-hydrogen) atoms. The predicted molar refractivity (Wildman–Crippen MR) is 128 cm³/mol. The van der Waals surface area contributed by atoms with Crippen LogP contribution in [0.2, 0.25) is 0 Å². The highest BCUT2D eigenvalue weighted by Gasteiger charge is 2.38. The van der Waals surface area contributed by atoms with Gasteiger partial charge in [-0.05, 0) is 47.7 Å². The number of nitrogens with zero attached hydrogens (tertiary/aromatic N) is 1. The minimum absolute atomic E-state index is 0.242. The molecule has 0 aliphatic heterocycles. The molecule has 0 aliphatic carbocycles. The molecule has 0 radical (unpaired) electrons. The number of hydrogen-bond donors (Lipinski definition) is 1. The van der Waals surface area contributed by atoms with Crippen LogP contribution in [0.25, 0.3) is 0 Å². The maximum absolute atomic E-state index is 13.2. The summed E-state index contributed by atoms with van der Waals surface area (Å²) in [4.78, 5) is 40.3. The van der Waals surface area contributed by atoms with E-state index in [-0.39, 0.29) is 11.5 Å². The first-order valence-corrected chi connectivity index (χ1v) is 11.2. The van der Waals surface area contributed by atoms with Gasteiger partial charge in [-0.25, -0.2) is 4.39 Å². The second-order valence-corrected chi connectivity index (χ2v) is 9.06. The highest BCUT2D eigenvalue weighted by molar-refractivity contribution is 6.08. The van der Waals surface area contributed by atoms with Crippen LogP contribution in [0.4, 0.5) is 4.39 Å². The molecule has 0 saturated carbocycles. The summed E-state index contributed by atoms with van der Waals surface area (Å²) in [7, 11) is 0. The third-order valence-corrected chi connectivity index (χ3v) is 5.23. The Labute approximate surface area is 195 Å². The highest BCUT2D eigenvalue weighted by Crippen LogP contribution is 2.26. The molecule has 1 N–H and O–H groups in total. The van der Waals surface area contributed by atoms with E-state index in [0.29, 0.717) is 13.1 Å². The lowest BCUT2D eigenvalue weighted by molar-refractivity contribution is -0.141. The SMILES string of the molecule is CCCCN(C(=O)C=CC(=O)c1ccc(F)cc1)C(C(=O)NCc1ccccc1)C(C)(C)C. The number of benzene rings is 2. The molecule has 0 bridgehead atoms. The van der Waals surface area contributed by atoms with Crippen molar-refractivity contribution in [2.75, 3.05) is 6.54 Å². The van der Waals surface area contributed by atoms with Gasteiger partial charge in [-0.15, -0.1) is 0 Å². The topological polar surface area (TPSA) is 66.5 Å². The Kier molecular flexibility index (Phi) is 9.52. The summed E-state index contributed by atoms with van der Waals surface area (Å²) in [5.74, 6) is -1.49. The summed E-state index contributed by atoms with van der Waals surface area (Å²) >= 11 is 0. The van der Waals surface area contributed by atoms with Crippen LogP contribution in [0.3, 0.4) is 0 Å². The van der Waals surface area contributed by atoms with E-state index in [2.05, 4.69) is 5.32 Å². The number of allylic oxidation sites excluding steroid dienone is 1. The smallest absolute Gasteiger partial charge is 0.247 e. The summed E-state index contributed by atoms with van der Waals surface area (Å²) in [6.07, 6.45) is 3.95. The Morgan fingerprint density at radius 1 is 1.00 bits per heavy atom. The second-order valence-electron chi connectivity index (χ2n) is 9.06. The van der Waals surface area contributed by atoms with Crippen LogP contribution in [-0.2, 0) is 16.1 Å². The summed E-state index contributed by atoms with van der Waals surface area (Å²) in [5.41, 5.74) is 0.724. The number of carbonyl (C=O) groups is 3. The van der Waals surface area contributed by atoms with Crippen molar-refractivity contribution < 1.29 is 18.8 Å². The molecular formula is C27H33FN2O3. The third kappa shape index (κ3) is 7.97. The molecular weight excluding hydrogens is 419 g/mol. The molecule has 0 heterocycles. The van der Waals surface area contributed by atoms with Gasteiger partial charge in [0.05, 0.1) is 0 Å². The van der Waals surface area contributed by atoms with Crippen LogP contribution in [0.1, 0.15) is 56.5 Å². The molecule has 0 saturated heterocycles. The van der Waals surface area contributed by atoms with E-state index in [1.807, 2.05) is 58.0 Å². The van der Waals surface area contributed by atoms with Crippen LogP contribution in [0.15, 0.2) is 66.7 Å². The van der Waals surface area contributed by atoms with Crippen molar-refractivity contribution in [1.29, 1.82) is 0 Å². The molecule has 0 fully saturated rings. The number of nitrogens with one attached hydrogen (secondary N) is 1. The van der Waals surface area contributed by atoms with Crippen LogP contribution in [0, 0.1) is 11.2 Å². The van der Waals surface area contributed by atoms with Crippen molar-refractivity contribution in [2.24, 2.45) is 5.41 Å². The zero-order chi connectivity index (χ0) is 24.4. The fourth-order valence-corrected chi connectivity index (χ4v) is 3.53. The maximum Gasteiger partial charge on any atom is 0.247 e. The lowest BCUT2D eigenvalue weighted by atomic mass is 9.84. The average molecular weight is 453 g/mol. The van der Waals surface area contributed by atoms with E-state index in [4.69, 9.17) is 0 Å². The quantitative estimate of drug-likeness (QED) is 0.411. The van der Waals surface area contributed by atoms with E-state index in [9.17, 15) is 18.8 Å². The highest BCUT2D eigenvalue weighted by atomic mass is 19.1. The molecule has 2 aromatic carbocycles. The first kappa shape index (κ1) is 26.0. The van der Waals surface area contributed by atoms with Crippen LogP contribution < -0.4 is 5.32 Å². The Bertz CT molecular complexity index is 963. The normalized spacial score (nSPS) is 12.4. The Morgan fingerprint density at radius 3 is 2.21 bits per heavy atom. The van der Waals surface area contributed by atoms with Gasteiger partial charge in [-0.1, -0.05) is 64.4 Å². The Hall–Kier alpha value is -3.28. The first-order valence-electron chi connectivity index (χ1n) is 11.2. The Morgan fingerprint density at radius 2 is 1.64 bits per heavy atom. The summed E-state index contributed by atoms with van der Waals surface area (Å²) in [6, 6.07) is 14.0. The molecule has 0 spiro atoms. The van der Waals surface area contributed by atoms with Crippen LogP contribution in [-0.4, -0.2) is 35.1 Å². The van der Waals surface area contributed by atoms with E-state index in [1.54, 1.807) is 0 Å². The average Bonchev–Trinajstić information content (AvgIpc) is 2.78. The monoisotopic (exact) mass is 452 g/mol. The molecule has 1 atom stereocenters. The zero-order valence-electron chi connectivity index (χ0n) is 19.8. The largest absolute Gasteiger partial charge is 0.350 e. The summed E-state index contributed by atoms with van der Waals surface area (Å²) < 4.78 is 13.1. The molecule has 0 aromatic heterocycles. The van der Waals surface area contributed by atoms with Gasteiger partial charge < -0.3 is 10.2 Å². The van der Waals surface area contributed by atoms with Crippen LogP contribution in [0.5, 0.6) is 0 Å². The van der Waals surface area contributed by atoms with Gasteiger partial charge in [0, 0.05) is 24.7 Å². The molecule has 2 aromatic rings. The molecule has 176 valence electrons. The van der Waals surface area contributed by atoms with Crippen molar-refractivity contribution in [3.63, 3.8) is 0 Å². The molecule has 2 rings (SSSR count). The molecule has 5 nitrogen and oxygen atoms in total. The number of carbonyl (C=O) groups excluding carboxylic acids is 3. The number of ketones is 1. The second kappa shape index (κ2) is 12.1. The molecule has 1 unspecified atom stereocenters. The molecule has 6 heteroatoms. The number of amides is 2. The van der Waals surface area contributed by atoms with Crippen molar-refractivity contribution in [3.8, 4) is 0 Å². The van der Waals surface area contributed by atoms with Gasteiger partial charge in [0.25, 0.3) is 0 Å². The van der Waals surface area contributed by atoms with Crippen molar-refractivity contribution >= 4 is 17.6 Å². The summed E-state index contributed by atoms with van der Waals surface area (Å²) in [5, 5.41) is 2.95. The maximum atomic E-state index is 13.2. The molecule has 2 amide bonds. The van der Waals surface area contributed by atoms with E-state index in [1.165, 1.54) is 41.3 Å². The fourth-order valence-electron chi connectivity index (χ4n) is 3.53. The van der Waals surface area contributed by atoms with Gasteiger partial charge in [0.2, 0.25) is 11.8 Å². The summed E-state index contributed by atoms with van der Waals surface area (Å²) in [6.45, 7) is 8.52. The number of halogens is 1. The fraction of sp³-hybridized carbons (Fsp3) is 0.370. The molecule has 0 aliphatic rings.